The van der Waals surface area contributed by atoms with E-state index in [0.717, 1.165) is 23.1 Å². The van der Waals surface area contributed by atoms with E-state index in [1.165, 1.54) is 17.8 Å². The molecule has 0 aliphatic heterocycles. The normalized spacial score (nSPS) is 10.2. The van der Waals surface area contributed by atoms with Gasteiger partial charge in [-0.25, -0.2) is 4.39 Å². The van der Waals surface area contributed by atoms with Gasteiger partial charge in [0, 0.05) is 11.6 Å². The summed E-state index contributed by atoms with van der Waals surface area (Å²) in [5, 5.41) is 2.21. The van der Waals surface area contributed by atoms with Gasteiger partial charge in [-0.1, -0.05) is 55.5 Å². The van der Waals surface area contributed by atoms with Crippen LogP contribution >= 0.6 is 12.2 Å². The SMILES string of the molecule is CCc1ccc(-c2ccc(-c3ncc(N=C=S)cc3F)cc2)cc1. The van der Waals surface area contributed by atoms with Crippen molar-refractivity contribution in [2.24, 2.45) is 4.99 Å². The van der Waals surface area contributed by atoms with E-state index < -0.39 is 5.82 Å². The standard InChI is InChI=1S/C20H15FN2S/c1-2-14-3-5-15(6-4-14)16-7-9-17(10-8-16)20-19(21)11-18(12-22-20)23-13-24/h3-12H,2H2,1H3. The number of hydrogen-bond acceptors (Lipinski definition) is 3. The molecule has 118 valence electrons. The Hall–Kier alpha value is -2.68. The van der Waals surface area contributed by atoms with Crippen molar-refractivity contribution in [3.63, 3.8) is 0 Å². The molecule has 0 bridgehead atoms. The van der Waals surface area contributed by atoms with Crippen LogP contribution in [-0.2, 0) is 6.42 Å². The first-order valence-corrected chi connectivity index (χ1v) is 8.05. The van der Waals surface area contributed by atoms with Crippen molar-refractivity contribution in [2.75, 3.05) is 0 Å². The van der Waals surface area contributed by atoms with E-state index in [4.69, 9.17) is 0 Å². The highest BCUT2D eigenvalue weighted by molar-refractivity contribution is 7.78. The van der Waals surface area contributed by atoms with E-state index in [-0.39, 0.29) is 0 Å². The monoisotopic (exact) mass is 334 g/mol. The first-order valence-electron chi connectivity index (χ1n) is 7.64. The molecule has 1 heterocycles. The van der Waals surface area contributed by atoms with E-state index in [1.54, 1.807) is 0 Å². The minimum atomic E-state index is -0.429. The molecule has 24 heavy (non-hydrogen) atoms. The van der Waals surface area contributed by atoms with Crippen molar-refractivity contribution in [3.8, 4) is 22.4 Å². The van der Waals surface area contributed by atoms with Crippen LogP contribution in [0.3, 0.4) is 0 Å². The molecule has 0 N–H and O–H groups in total. The highest BCUT2D eigenvalue weighted by atomic mass is 32.1. The molecule has 2 nitrogen and oxygen atoms in total. The maximum atomic E-state index is 14.2. The lowest BCUT2D eigenvalue weighted by Gasteiger charge is -2.06. The van der Waals surface area contributed by atoms with E-state index >= 15 is 0 Å². The third kappa shape index (κ3) is 3.46. The fraction of sp³-hybridized carbons (Fsp3) is 0.100. The van der Waals surface area contributed by atoms with Crippen LogP contribution in [-0.4, -0.2) is 10.1 Å². The molecule has 0 saturated heterocycles. The number of aryl methyl sites for hydroxylation is 1. The van der Waals surface area contributed by atoms with Crippen molar-refractivity contribution in [3.05, 3.63) is 72.2 Å². The Balaban J connectivity index is 1.90. The number of aromatic nitrogens is 1. The summed E-state index contributed by atoms with van der Waals surface area (Å²) in [7, 11) is 0. The third-order valence-electron chi connectivity index (χ3n) is 3.86. The first kappa shape index (κ1) is 16.2. The Bertz CT molecular complexity index is 896. The molecular weight excluding hydrogens is 319 g/mol. The van der Waals surface area contributed by atoms with Gasteiger partial charge >= 0.3 is 0 Å². The summed E-state index contributed by atoms with van der Waals surface area (Å²) < 4.78 is 14.2. The fourth-order valence-corrected chi connectivity index (χ4v) is 2.61. The number of rotatable bonds is 4. The molecule has 0 atom stereocenters. The summed E-state index contributed by atoms with van der Waals surface area (Å²) in [6.07, 6.45) is 2.50. The molecule has 0 radical (unpaired) electrons. The van der Waals surface area contributed by atoms with Crippen molar-refractivity contribution >= 4 is 23.1 Å². The van der Waals surface area contributed by atoms with Crippen LogP contribution in [0.25, 0.3) is 22.4 Å². The summed E-state index contributed by atoms with van der Waals surface area (Å²) in [5.74, 6) is -0.429. The zero-order chi connectivity index (χ0) is 16.9. The van der Waals surface area contributed by atoms with Gasteiger partial charge in [-0.3, -0.25) is 4.98 Å². The van der Waals surface area contributed by atoms with Gasteiger partial charge in [0.25, 0.3) is 0 Å². The maximum Gasteiger partial charge on any atom is 0.151 e. The highest BCUT2D eigenvalue weighted by Crippen LogP contribution is 2.27. The van der Waals surface area contributed by atoms with Crippen molar-refractivity contribution in [1.82, 2.24) is 4.98 Å². The molecule has 1 aromatic heterocycles. The van der Waals surface area contributed by atoms with Gasteiger partial charge in [-0.2, -0.15) is 4.99 Å². The molecule has 4 heteroatoms. The van der Waals surface area contributed by atoms with E-state index in [2.05, 4.69) is 58.5 Å². The number of pyridine rings is 1. The Labute approximate surface area is 145 Å². The minimum absolute atomic E-state index is 0.297. The van der Waals surface area contributed by atoms with Crippen LogP contribution < -0.4 is 0 Å². The Morgan fingerprint density at radius 2 is 1.58 bits per heavy atom. The number of nitrogens with zero attached hydrogens (tertiary/aromatic N) is 2. The molecule has 0 saturated carbocycles. The average Bonchev–Trinajstić information content (AvgIpc) is 2.62. The molecule has 0 aliphatic carbocycles. The quantitative estimate of drug-likeness (QED) is 0.441. The molecule has 0 unspecified atom stereocenters. The second-order valence-electron chi connectivity index (χ2n) is 5.35. The van der Waals surface area contributed by atoms with E-state index in [0.29, 0.717) is 11.4 Å². The van der Waals surface area contributed by atoms with Crippen LogP contribution in [0.15, 0.2) is 65.8 Å². The molecule has 2 aromatic carbocycles. The lowest BCUT2D eigenvalue weighted by atomic mass is 10.0. The van der Waals surface area contributed by atoms with Crippen LogP contribution in [0.5, 0.6) is 0 Å². The number of halogens is 1. The molecular formula is C20H15FN2S. The van der Waals surface area contributed by atoms with Crippen LogP contribution in [0, 0.1) is 5.82 Å². The summed E-state index contributed by atoms with van der Waals surface area (Å²) in [6, 6.07) is 17.4. The summed E-state index contributed by atoms with van der Waals surface area (Å²) in [5.41, 5.74) is 4.91. The second kappa shape index (κ2) is 7.26. The van der Waals surface area contributed by atoms with Crippen LogP contribution in [0.2, 0.25) is 0 Å². The first-order chi connectivity index (χ1) is 11.7. The molecule has 3 aromatic rings. The largest absolute Gasteiger partial charge is 0.251 e. The van der Waals surface area contributed by atoms with Gasteiger partial charge in [0.2, 0.25) is 0 Å². The predicted octanol–water partition coefficient (Wildman–Crippen LogP) is 5.85. The molecule has 0 fully saturated rings. The topological polar surface area (TPSA) is 25.2 Å². The lowest BCUT2D eigenvalue weighted by Crippen LogP contribution is -1.89. The maximum absolute atomic E-state index is 14.2. The van der Waals surface area contributed by atoms with Gasteiger partial charge in [-0.15, -0.1) is 0 Å². The Morgan fingerprint density at radius 1 is 1.00 bits per heavy atom. The van der Waals surface area contributed by atoms with E-state index in [9.17, 15) is 4.39 Å². The van der Waals surface area contributed by atoms with Gasteiger partial charge in [0.15, 0.2) is 5.82 Å². The lowest BCUT2D eigenvalue weighted by molar-refractivity contribution is 0.626. The fourth-order valence-electron chi connectivity index (χ4n) is 2.51. The zero-order valence-electron chi connectivity index (χ0n) is 13.2. The number of isothiocyanates is 1. The summed E-state index contributed by atoms with van der Waals surface area (Å²) >= 11 is 4.51. The Kier molecular flexibility index (Phi) is 4.90. The van der Waals surface area contributed by atoms with Crippen molar-refractivity contribution in [1.29, 1.82) is 0 Å². The van der Waals surface area contributed by atoms with Crippen molar-refractivity contribution < 1.29 is 4.39 Å². The smallest absolute Gasteiger partial charge is 0.151 e. The number of benzene rings is 2. The average molecular weight is 334 g/mol. The number of aliphatic imine (C=N–C) groups is 1. The van der Waals surface area contributed by atoms with Gasteiger partial charge in [0.05, 0.1) is 17.0 Å². The minimum Gasteiger partial charge on any atom is -0.251 e. The highest BCUT2D eigenvalue weighted by Gasteiger charge is 2.08. The molecule has 3 rings (SSSR count). The van der Waals surface area contributed by atoms with Crippen LogP contribution in [0.1, 0.15) is 12.5 Å². The van der Waals surface area contributed by atoms with Gasteiger partial charge in [0.1, 0.15) is 5.69 Å². The van der Waals surface area contributed by atoms with Gasteiger partial charge in [-0.05, 0) is 35.3 Å². The molecule has 0 spiro atoms. The van der Waals surface area contributed by atoms with Crippen molar-refractivity contribution in [2.45, 2.75) is 13.3 Å². The molecule has 0 aliphatic rings. The summed E-state index contributed by atoms with van der Waals surface area (Å²) in [4.78, 5) is 7.87. The van der Waals surface area contributed by atoms with Crippen LogP contribution in [0.4, 0.5) is 10.1 Å². The predicted molar refractivity (Wildman–Crippen MR) is 99.1 cm³/mol. The van der Waals surface area contributed by atoms with E-state index in [1.807, 2.05) is 24.3 Å². The second-order valence-corrected chi connectivity index (χ2v) is 5.54. The number of thiocarbonyl (C=S) groups is 1. The number of hydrogen-bond donors (Lipinski definition) is 0. The summed E-state index contributed by atoms with van der Waals surface area (Å²) in [6.45, 7) is 2.13. The molecule has 0 amide bonds. The van der Waals surface area contributed by atoms with Gasteiger partial charge < -0.3 is 0 Å². The Morgan fingerprint density at radius 3 is 2.12 bits per heavy atom. The third-order valence-corrected chi connectivity index (χ3v) is 3.95. The zero-order valence-corrected chi connectivity index (χ0v) is 14.0.